The van der Waals surface area contributed by atoms with E-state index in [2.05, 4.69) is 4.98 Å². The number of imidazole rings is 1. The SMILES string of the molecule is Cc1nc(-c2ccccc2F)n(C)c1CN. The summed E-state index contributed by atoms with van der Waals surface area (Å²) in [5, 5.41) is 0. The highest BCUT2D eigenvalue weighted by molar-refractivity contribution is 5.57. The number of hydrogen-bond donors (Lipinski definition) is 1. The molecule has 2 rings (SSSR count). The first kappa shape index (κ1) is 10.8. The molecule has 0 radical (unpaired) electrons. The third-order valence-electron chi connectivity index (χ3n) is 2.72. The maximum Gasteiger partial charge on any atom is 0.143 e. The van der Waals surface area contributed by atoms with Crippen LogP contribution in [0.4, 0.5) is 4.39 Å². The zero-order chi connectivity index (χ0) is 11.7. The predicted octanol–water partition coefficient (Wildman–Crippen LogP) is 1.99. The predicted molar refractivity (Wildman–Crippen MR) is 61.2 cm³/mol. The molecule has 0 aliphatic carbocycles. The van der Waals surface area contributed by atoms with Crippen LogP contribution in [0.15, 0.2) is 24.3 Å². The zero-order valence-electron chi connectivity index (χ0n) is 9.37. The standard InChI is InChI=1S/C12H14FN3/c1-8-11(7-14)16(2)12(15-8)9-5-3-4-6-10(9)13/h3-6H,7,14H2,1-2H3. The van der Waals surface area contributed by atoms with Gasteiger partial charge in [0, 0.05) is 13.6 Å². The van der Waals surface area contributed by atoms with Crippen molar-refractivity contribution in [3.8, 4) is 11.4 Å². The van der Waals surface area contributed by atoms with Gasteiger partial charge in [-0.1, -0.05) is 12.1 Å². The number of aryl methyl sites for hydroxylation is 1. The third-order valence-corrected chi connectivity index (χ3v) is 2.72. The lowest BCUT2D eigenvalue weighted by Gasteiger charge is -2.05. The summed E-state index contributed by atoms with van der Waals surface area (Å²) in [6.45, 7) is 2.29. The number of nitrogens with zero attached hydrogens (tertiary/aromatic N) is 2. The summed E-state index contributed by atoms with van der Waals surface area (Å²) < 4.78 is 15.5. The van der Waals surface area contributed by atoms with Gasteiger partial charge in [0.25, 0.3) is 0 Å². The van der Waals surface area contributed by atoms with Gasteiger partial charge in [0.2, 0.25) is 0 Å². The van der Waals surface area contributed by atoms with Crippen molar-refractivity contribution in [3.05, 3.63) is 41.5 Å². The molecule has 1 heterocycles. The van der Waals surface area contributed by atoms with Crippen molar-refractivity contribution in [2.75, 3.05) is 0 Å². The Morgan fingerprint density at radius 3 is 2.62 bits per heavy atom. The molecule has 3 nitrogen and oxygen atoms in total. The molecule has 2 aromatic rings. The summed E-state index contributed by atoms with van der Waals surface area (Å²) >= 11 is 0. The fourth-order valence-corrected chi connectivity index (χ4v) is 1.84. The van der Waals surface area contributed by atoms with E-state index in [1.807, 2.05) is 18.5 Å². The minimum atomic E-state index is -0.265. The van der Waals surface area contributed by atoms with Crippen molar-refractivity contribution in [1.82, 2.24) is 9.55 Å². The lowest BCUT2D eigenvalue weighted by atomic mass is 10.2. The van der Waals surface area contributed by atoms with Crippen LogP contribution in [0.25, 0.3) is 11.4 Å². The van der Waals surface area contributed by atoms with E-state index in [0.717, 1.165) is 11.4 Å². The highest BCUT2D eigenvalue weighted by Crippen LogP contribution is 2.23. The molecule has 0 aliphatic rings. The van der Waals surface area contributed by atoms with Crippen molar-refractivity contribution in [1.29, 1.82) is 0 Å². The van der Waals surface area contributed by atoms with Crippen molar-refractivity contribution >= 4 is 0 Å². The molecule has 0 unspecified atom stereocenters. The van der Waals surface area contributed by atoms with Crippen molar-refractivity contribution < 1.29 is 4.39 Å². The van der Waals surface area contributed by atoms with Gasteiger partial charge < -0.3 is 10.3 Å². The van der Waals surface area contributed by atoms with Gasteiger partial charge in [-0.3, -0.25) is 0 Å². The molecule has 0 spiro atoms. The molecule has 0 atom stereocenters. The maximum atomic E-state index is 13.6. The van der Waals surface area contributed by atoms with E-state index in [0.29, 0.717) is 17.9 Å². The number of halogens is 1. The Labute approximate surface area is 93.7 Å². The summed E-state index contributed by atoms with van der Waals surface area (Å²) in [4.78, 5) is 4.36. The molecular weight excluding hydrogens is 205 g/mol. The highest BCUT2D eigenvalue weighted by atomic mass is 19.1. The van der Waals surface area contributed by atoms with E-state index >= 15 is 0 Å². The van der Waals surface area contributed by atoms with Crippen LogP contribution >= 0.6 is 0 Å². The average molecular weight is 219 g/mol. The first-order valence-corrected chi connectivity index (χ1v) is 5.12. The number of benzene rings is 1. The smallest absolute Gasteiger partial charge is 0.143 e. The van der Waals surface area contributed by atoms with Gasteiger partial charge in [0.15, 0.2) is 0 Å². The molecule has 0 saturated carbocycles. The normalized spacial score (nSPS) is 10.8. The lowest BCUT2D eigenvalue weighted by Crippen LogP contribution is -2.05. The average Bonchev–Trinajstić information content (AvgIpc) is 2.55. The quantitative estimate of drug-likeness (QED) is 0.839. The molecular formula is C12H14FN3. The van der Waals surface area contributed by atoms with Gasteiger partial charge >= 0.3 is 0 Å². The van der Waals surface area contributed by atoms with Crippen LogP contribution in [-0.4, -0.2) is 9.55 Å². The van der Waals surface area contributed by atoms with Crippen LogP contribution in [0.3, 0.4) is 0 Å². The minimum absolute atomic E-state index is 0.265. The summed E-state index contributed by atoms with van der Waals surface area (Å²) in [5.41, 5.74) is 7.91. The van der Waals surface area contributed by atoms with Gasteiger partial charge in [-0.2, -0.15) is 0 Å². The Morgan fingerprint density at radius 2 is 2.06 bits per heavy atom. The van der Waals surface area contributed by atoms with Crippen molar-refractivity contribution in [2.45, 2.75) is 13.5 Å². The van der Waals surface area contributed by atoms with Crippen molar-refractivity contribution in [3.63, 3.8) is 0 Å². The van der Waals surface area contributed by atoms with Gasteiger partial charge in [-0.25, -0.2) is 9.37 Å². The molecule has 0 saturated heterocycles. The second kappa shape index (κ2) is 4.06. The second-order valence-corrected chi connectivity index (χ2v) is 3.71. The molecule has 16 heavy (non-hydrogen) atoms. The Balaban J connectivity index is 2.62. The van der Waals surface area contributed by atoms with E-state index in [4.69, 9.17) is 5.73 Å². The van der Waals surface area contributed by atoms with E-state index in [-0.39, 0.29) is 5.82 Å². The molecule has 1 aromatic heterocycles. The molecule has 0 aliphatic heterocycles. The molecule has 84 valence electrons. The lowest BCUT2D eigenvalue weighted by molar-refractivity contribution is 0.628. The Hall–Kier alpha value is -1.68. The van der Waals surface area contributed by atoms with Crippen LogP contribution in [0.1, 0.15) is 11.4 Å². The highest BCUT2D eigenvalue weighted by Gasteiger charge is 2.14. The monoisotopic (exact) mass is 219 g/mol. The van der Waals surface area contributed by atoms with Crippen LogP contribution in [-0.2, 0) is 13.6 Å². The summed E-state index contributed by atoms with van der Waals surface area (Å²) in [5.74, 6) is 0.357. The van der Waals surface area contributed by atoms with E-state index in [1.165, 1.54) is 6.07 Å². The molecule has 2 N–H and O–H groups in total. The van der Waals surface area contributed by atoms with Gasteiger partial charge in [0.1, 0.15) is 11.6 Å². The first-order valence-electron chi connectivity index (χ1n) is 5.12. The number of hydrogen-bond acceptors (Lipinski definition) is 2. The topological polar surface area (TPSA) is 43.8 Å². The van der Waals surface area contributed by atoms with Gasteiger partial charge in [0.05, 0.1) is 17.0 Å². The van der Waals surface area contributed by atoms with Crippen LogP contribution < -0.4 is 5.73 Å². The molecule has 1 aromatic carbocycles. The van der Waals surface area contributed by atoms with Crippen LogP contribution in [0.2, 0.25) is 0 Å². The van der Waals surface area contributed by atoms with Gasteiger partial charge in [-0.15, -0.1) is 0 Å². The number of nitrogens with two attached hydrogens (primary N) is 1. The maximum absolute atomic E-state index is 13.6. The van der Waals surface area contributed by atoms with Gasteiger partial charge in [-0.05, 0) is 19.1 Å². The minimum Gasteiger partial charge on any atom is -0.330 e. The summed E-state index contributed by atoms with van der Waals surface area (Å²) in [6.07, 6.45) is 0. The first-order chi connectivity index (χ1) is 7.65. The second-order valence-electron chi connectivity index (χ2n) is 3.71. The van der Waals surface area contributed by atoms with Crippen molar-refractivity contribution in [2.24, 2.45) is 12.8 Å². The Kier molecular flexibility index (Phi) is 2.75. The number of rotatable bonds is 2. The molecule has 0 amide bonds. The fraction of sp³-hybridized carbons (Fsp3) is 0.250. The molecule has 0 fully saturated rings. The Morgan fingerprint density at radius 1 is 1.38 bits per heavy atom. The van der Waals surface area contributed by atoms with E-state index < -0.39 is 0 Å². The zero-order valence-corrected chi connectivity index (χ0v) is 9.37. The largest absolute Gasteiger partial charge is 0.330 e. The number of aromatic nitrogens is 2. The van der Waals surface area contributed by atoms with E-state index in [9.17, 15) is 4.39 Å². The third kappa shape index (κ3) is 1.61. The molecule has 4 heteroatoms. The molecule has 0 bridgehead atoms. The summed E-state index contributed by atoms with van der Waals surface area (Å²) in [6, 6.07) is 6.61. The van der Waals surface area contributed by atoms with Crippen LogP contribution in [0, 0.1) is 12.7 Å². The Bertz CT molecular complexity index is 517. The fourth-order valence-electron chi connectivity index (χ4n) is 1.84. The van der Waals surface area contributed by atoms with Crippen LogP contribution in [0.5, 0.6) is 0 Å². The van der Waals surface area contributed by atoms with E-state index in [1.54, 1.807) is 18.2 Å². The summed E-state index contributed by atoms with van der Waals surface area (Å²) in [7, 11) is 1.85.